The predicted octanol–water partition coefficient (Wildman–Crippen LogP) is 1.66. The number of benzene rings is 1. The second-order valence-corrected chi connectivity index (χ2v) is 4.58. The average Bonchev–Trinajstić information content (AvgIpc) is 2.42. The van der Waals surface area contributed by atoms with Gasteiger partial charge < -0.3 is 15.4 Å². The zero-order chi connectivity index (χ0) is 12.8. The molecule has 0 spiro atoms. The summed E-state index contributed by atoms with van der Waals surface area (Å²) in [5, 5.41) is 6.32. The largest absolute Gasteiger partial charge is 0.367 e. The predicted molar refractivity (Wildman–Crippen MR) is 77.5 cm³/mol. The summed E-state index contributed by atoms with van der Waals surface area (Å²) in [5.41, 5.74) is 0.890. The molecule has 2 rings (SSSR count). The Morgan fingerprint density at radius 1 is 1.42 bits per heavy atom. The van der Waals surface area contributed by atoms with Gasteiger partial charge in [-0.25, -0.2) is 0 Å². The second kappa shape index (κ2) is 8.15. The van der Waals surface area contributed by atoms with Gasteiger partial charge in [-0.05, 0) is 24.9 Å². The van der Waals surface area contributed by atoms with Gasteiger partial charge in [0.25, 0.3) is 5.91 Å². The Labute approximate surface area is 120 Å². The standard InChI is InChI=1S/C14H20N2O2.ClH/c1-18-13(11-6-3-2-4-7-11)14(17)16-12-8-5-9-15-10-12;/h2-4,6-7,12-13,15H,5,8-10H2,1H3,(H,16,17);1H/t12-,13?;/m1./s1. The molecular weight excluding hydrogens is 264 g/mol. The van der Waals surface area contributed by atoms with E-state index in [0.717, 1.165) is 31.5 Å². The van der Waals surface area contributed by atoms with E-state index in [0.29, 0.717) is 0 Å². The van der Waals surface area contributed by atoms with Crippen LogP contribution in [0.1, 0.15) is 24.5 Å². The Bertz CT molecular complexity index is 380. The molecule has 0 radical (unpaired) electrons. The molecule has 19 heavy (non-hydrogen) atoms. The van der Waals surface area contributed by atoms with Gasteiger partial charge in [0.1, 0.15) is 0 Å². The van der Waals surface area contributed by atoms with Crippen LogP contribution in [0.15, 0.2) is 30.3 Å². The Hall–Kier alpha value is -1.10. The highest BCUT2D eigenvalue weighted by Crippen LogP contribution is 2.16. The van der Waals surface area contributed by atoms with E-state index in [-0.39, 0.29) is 24.4 Å². The highest BCUT2D eigenvalue weighted by Gasteiger charge is 2.23. The molecule has 2 atom stereocenters. The van der Waals surface area contributed by atoms with Crippen LogP contribution >= 0.6 is 12.4 Å². The molecule has 1 aromatic rings. The third kappa shape index (κ3) is 4.49. The first-order valence-corrected chi connectivity index (χ1v) is 6.40. The Morgan fingerprint density at radius 2 is 2.16 bits per heavy atom. The van der Waals surface area contributed by atoms with Crippen molar-refractivity contribution in [3.63, 3.8) is 0 Å². The van der Waals surface area contributed by atoms with Crippen molar-refractivity contribution < 1.29 is 9.53 Å². The zero-order valence-electron chi connectivity index (χ0n) is 11.1. The summed E-state index contributed by atoms with van der Waals surface area (Å²) in [6.45, 7) is 1.88. The van der Waals surface area contributed by atoms with Gasteiger partial charge in [0.05, 0.1) is 0 Å². The number of carbonyl (C=O) groups is 1. The van der Waals surface area contributed by atoms with E-state index in [1.54, 1.807) is 7.11 Å². The van der Waals surface area contributed by atoms with E-state index in [1.807, 2.05) is 30.3 Å². The van der Waals surface area contributed by atoms with Crippen molar-refractivity contribution in [2.24, 2.45) is 0 Å². The summed E-state index contributed by atoms with van der Waals surface area (Å²) in [7, 11) is 1.57. The fourth-order valence-electron chi connectivity index (χ4n) is 2.27. The molecule has 1 aromatic carbocycles. The number of hydrogen-bond donors (Lipinski definition) is 2. The van der Waals surface area contributed by atoms with Gasteiger partial charge >= 0.3 is 0 Å². The average molecular weight is 285 g/mol. The van der Waals surface area contributed by atoms with Crippen LogP contribution in [0.25, 0.3) is 0 Å². The summed E-state index contributed by atoms with van der Waals surface area (Å²) < 4.78 is 5.31. The number of ether oxygens (including phenoxy) is 1. The van der Waals surface area contributed by atoms with Crippen LogP contribution in [0.4, 0.5) is 0 Å². The molecule has 1 fully saturated rings. The van der Waals surface area contributed by atoms with Crippen molar-refractivity contribution in [1.82, 2.24) is 10.6 Å². The number of rotatable bonds is 4. The lowest BCUT2D eigenvalue weighted by Crippen LogP contribution is -2.47. The lowest BCUT2D eigenvalue weighted by molar-refractivity contribution is -0.132. The summed E-state index contributed by atoms with van der Waals surface area (Å²) in [5.74, 6) is -0.0580. The first kappa shape index (κ1) is 16.0. The van der Waals surface area contributed by atoms with Crippen LogP contribution < -0.4 is 10.6 Å². The molecule has 0 saturated carbocycles. The van der Waals surface area contributed by atoms with E-state index in [2.05, 4.69) is 10.6 Å². The van der Waals surface area contributed by atoms with Gasteiger partial charge in [0.15, 0.2) is 6.10 Å². The van der Waals surface area contributed by atoms with Crippen molar-refractivity contribution in [2.75, 3.05) is 20.2 Å². The SMILES string of the molecule is COC(C(=O)N[C@@H]1CCCNC1)c1ccccc1.Cl. The number of nitrogens with one attached hydrogen (secondary N) is 2. The van der Waals surface area contributed by atoms with Crippen molar-refractivity contribution in [2.45, 2.75) is 25.0 Å². The van der Waals surface area contributed by atoms with Gasteiger partial charge in [0, 0.05) is 19.7 Å². The fraction of sp³-hybridized carbons (Fsp3) is 0.500. The maximum atomic E-state index is 12.2. The quantitative estimate of drug-likeness (QED) is 0.884. The molecule has 0 aliphatic carbocycles. The third-order valence-electron chi connectivity index (χ3n) is 3.22. The lowest BCUT2D eigenvalue weighted by atomic mass is 10.1. The Morgan fingerprint density at radius 3 is 2.74 bits per heavy atom. The number of piperidine rings is 1. The van der Waals surface area contributed by atoms with Gasteiger partial charge in [-0.1, -0.05) is 30.3 Å². The summed E-state index contributed by atoms with van der Waals surface area (Å²) in [6, 6.07) is 9.79. The van der Waals surface area contributed by atoms with E-state index < -0.39 is 6.10 Å². The lowest BCUT2D eigenvalue weighted by Gasteiger charge is -2.26. The first-order chi connectivity index (χ1) is 8.81. The van der Waals surface area contributed by atoms with Gasteiger partial charge in [-0.2, -0.15) is 0 Å². The van der Waals surface area contributed by atoms with Crippen molar-refractivity contribution in [1.29, 1.82) is 0 Å². The maximum absolute atomic E-state index is 12.2. The Balaban J connectivity index is 0.00000180. The van der Waals surface area contributed by atoms with Gasteiger partial charge in [-0.15, -0.1) is 12.4 Å². The van der Waals surface area contributed by atoms with E-state index in [9.17, 15) is 4.79 Å². The minimum atomic E-state index is -0.520. The van der Waals surface area contributed by atoms with Crippen molar-refractivity contribution in [3.8, 4) is 0 Å². The minimum Gasteiger partial charge on any atom is -0.367 e. The number of amides is 1. The summed E-state index contributed by atoms with van der Waals surface area (Å²) in [6.07, 6.45) is 1.62. The van der Waals surface area contributed by atoms with Gasteiger partial charge in [-0.3, -0.25) is 4.79 Å². The number of methoxy groups -OCH3 is 1. The molecule has 1 aliphatic heterocycles. The van der Waals surface area contributed by atoms with Crippen LogP contribution in [-0.2, 0) is 9.53 Å². The molecule has 1 aliphatic rings. The van der Waals surface area contributed by atoms with Crippen molar-refractivity contribution in [3.05, 3.63) is 35.9 Å². The topological polar surface area (TPSA) is 50.4 Å². The van der Waals surface area contributed by atoms with Crippen LogP contribution in [-0.4, -0.2) is 32.1 Å². The third-order valence-corrected chi connectivity index (χ3v) is 3.22. The summed E-state index contributed by atoms with van der Waals surface area (Å²) in [4.78, 5) is 12.2. The van der Waals surface area contributed by atoms with Crippen LogP contribution in [0.5, 0.6) is 0 Å². The fourth-order valence-corrected chi connectivity index (χ4v) is 2.27. The first-order valence-electron chi connectivity index (χ1n) is 6.40. The minimum absolute atomic E-state index is 0. The number of carbonyl (C=O) groups excluding carboxylic acids is 1. The highest BCUT2D eigenvalue weighted by molar-refractivity contribution is 5.85. The monoisotopic (exact) mass is 284 g/mol. The molecule has 1 heterocycles. The van der Waals surface area contributed by atoms with Gasteiger partial charge in [0.2, 0.25) is 0 Å². The molecule has 1 unspecified atom stereocenters. The molecule has 5 heteroatoms. The summed E-state index contributed by atoms with van der Waals surface area (Å²) >= 11 is 0. The van der Waals surface area contributed by atoms with Crippen molar-refractivity contribution >= 4 is 18.3 Å². The number of halogens is 1. The number of hydrogen-bond acceptors (Lipinski definition) is 3. The smallest absolute Gasteiger partial charge is 0.254 e. The molecule has 4 nitrogen and oxygen atoms in total. The zero-order valence-corrected chi connectivity index (χ0v) is 11.9. The maximum Gasteiger partial charge on any atom is 0.254 e. The Kier molecular flexibility index (Phi) is 6.84. The second-order valence-electron chi connectivity index (χ2n) is 4.58. The molecule has 0 bridgehead atoms. The van der Waals surface area contributed by atoms with Crippen LogP contribution in [0, 0.1) is 0 Å². The molecule has 1 amide bonds. The molecule has 1 saturated heterocycles. The van der Waals surface area contributed by atoms with E-state index in [1.165, 1.54) is 0 Å². The highest BCUT2D eigenvalue weighted by atomic mass is 35.5. The molecule has 0 aromatic heterocycles. The van der Waals surface area contributed by atoms with Crippen LogP contribution in [0.3, 0.4) is 0 Å². The molecule has 2 N–H and O–H groups in total. The molecule has 106 valence electrons. The molecular formula is C14H21ClN2O2. The van der Waals surface area contributed by atoms with Crippen LogP contribution in [0.2, 0.25) is 0 Å². The normalized spacial score (nSPS) is 20.2. The van der Waals surface area contributed by atoms with E-state index >= 15 is 0 Å². The van der Waals surface area contributed by atoms with E-state index in [4.69, 9.17) is 4.74 Å².